The number of aryl methyl sites for hydroxylation is 1. The van der Waals surface area contributed by atoms with Crippen molar-refractivity contribution in [1.29, 1.82) is 5.26 Å². The Morgan fingerprint density at radius 2 is 1.62 bits per heavy atom. The highest BCUT2D eigenvalue weighted by Gasteiger charge is 2.10. The Hall–Kier alpha value is -2.27. The molecule has 0 aliphatic rings. The van der Waals surface area contributed by atoms with E-state index >= 15 is 0 Å². The van der Waals surface area contributed by atoms with Crippen LogP contribution in [0.3, 0.4) is 0 Å². The third-order valence-corrected chi connectivity index (χ3v) is 3.45. The molecule has 0 radical (unpaired) electrons. The number of benzene rings is 2. The van der Waals surface area contributed by atoms with E-state index in [1.165, 1.54) is 11.1 Å². The van der Waals surface area contributed by atoms with Crippen LogP contribution in [0.4, 0.5) is 5.69 Å². The van der Waals surface area contributed by atoms with Crippen LogP contribution in [0.2, 0.25) is 0 Å². The minimum Gasteiger partial charge on any atom is -0.366 e. The highest BCUT2D eigenvalue weighted by molar-refractivity contribution is 5.48. The number of rotatable bonds is 5. The van der Waals surface area contributed by atoms with E-state index in [1.54, 1.807) is 0 Å². The van der Waals surface area contributed by atoms with Gasteiger partial charge in [-0.2, -0.15) is 5.26 Å². The van der Waals surface area contributed by atoms with Crippen LogP contribution in [-0.2, 0) is 6.42 Å². The Morgan fingerprint density at radius 1 is 1.00 bits per heavy atom. The summed E-state index contributed by atoms with van der Waals surface area (Å²) in [4.78, 5) is 0. The summed E-state index contributed by atoms with van der Waals surface area (Å²) in [6.45, 7) is 6.48. The number of nitrogens with zero attached hydrogens (tertiary/aromatic N) is 1. The second kappa shape index (κ2) is 6.95. The second-order valence-corrected chi connectivity index (χ2v) is 5.91. The predicted octanol–water partition coefficient (Wildman–Crippen LogP) is 4.87. The largest absolute Gasteiger partial charge is 0.366 e. The lowest BCUT2D eigenvalue weighted by Gasteiger charge is -2.14. The van der Waals surface area contributed by atoms with E-state index in [-0.39, 0.29) is 6.04 Å². The lowest BCUT2D eigenvalue weighted by atomic mass is 9.99. The molecule has 2 aromatic rings. The highest BCUT2D eigenvalue weighted by Crippen LogP contribution is 2.20. The van der Waals surface area contributed by atoms with Gasteiger partial charge in [0.25, 0.3) is 0 Å². The van der Waals surface area contributed by atoms with Crippen molar-refractivity contribution in [3.8, 4) is 6.07 Å². The van der Waals surface area contributed by atoms with Crippen molar-refractivity contribution in [3.63, 3.8) is 0 Å². The molecule has 0 heterocycles. The van der Waals surface area contributed by atoms with E-state index in [9.17, 15) is 5.26 Å². The van der Waals surface area contributed by atoms with Crippen molar-refractivity contribution >= 4 is 5.69 Å². The van der Waals surface area contributed by atoms with Crippen LogP contribution in [0, 0.1) is 24.2 Å². The standard InChI is InChI=1S/C19H22N2/c1-14(2)12-16-6-8-17(9-7-16)19(13-20)21-18-10-4-15(3)5-11-18/h4-11,14,19,21H,12H2,1-3H3. The maximum atomic E-state index is 9.40. The van der Waals surface area contributed by atoms with Gasteiger partial charge in [-0.25, -0.2) is 0 Å². The Morgan fingerprint density at radius 3 is 2.14 bits per heavy atom. The summed E-state index contributed by atoms with van der Waals surface area (Å²) >= 11 is 0. The highest BCUT2D eigenvalue weighted by atomic mass is 14.9. The fourth-order valence-corrected chi connectivity index (χ4v) is 2.32. The lowest BCUT2D eigenvalue weighted by Crippen LogP contribution is -2.08. The molecule has 0 aliphatic carbocycles. The van der Waals surface area contributed by atoms with E-state index in [0.29, 0.717) is 5.92 Å². The van der Waals surface area contributed by atoms with Crippen LogP contribution < -0.4 is 5.32 Å². The van der Waals surface area contributed by atoms with E-state index in [4.69, 9.17) is 0 Å². The maximum absolute atomic E-state index is 9.40. The summed E-state index contributed by atoms with van der Waals surface area (Å²) in [5.74, 6) is 0.647. The van der Waals surface area contributed by atoms with Crippen molar-refractivity contribution < 1.29 is 0 Å². The van der Waals surface area contributed by atoms with Gasteiger partial charge >= 0.3 is 0 Å². The van der Waals surface area contributed by atoms with E-state index in [2.05, 4.69) is 44.3 Å². The molecule has 0 aliphatic heterocycles. The maximum Gasteiger partial charge on any atom is 0.140 e. The summed E-state index contributed by atoms with van der Waals surface area (Å²) in [7, 11) is 0. The smallest absolute Gasteiger partial charge is 0.140 e. The quantitative estimate of drug-likeness (QED) is 0.847. The van der Waals surface area contributed by atoms with Crippen LogP contribution in [-0.4, -0.2) is 0 Å². The topological polar surface area (TPSA) is 35.8 Å². The molecule has 0 bridgehead atoms. The van der Waals surface area contributed by atoms with Crippen molar-refractivity contribution in [2.24, 2.45) is 5.92 Å². The van der Waals surface area contributed by atoms with Gasteiger partial charge in [-0.15, -0.1) is 0 Å². The second-order valence-electron chi connectivity index (χ2n) is 5.91. The molecule has 1 N–H and O–H groups in total. The molecule has 2 nitrogen and oxygen atoms in total. The van der Waals surface area contributed by atoms with Crippen molar-refractivity contribution in [1.82, 2.24) is 0 Å². The summed E-state index contributed by atoms with van der Waals surface area (Å²) in [5, 5.41) is 12.7. The molecule has 1 atom stereocenters. The van der Waals surface area contributed by atoms with Crippen LogP contribution in [0.1, 0.15) is 36.6 Å². The molecule has 0 amide bonds. The molecule has 0 fully saturated rings. The van der Waals surface area contributed by atoms with E-state index < -0.39 is 0 Å². The van der Waals surface area contributed by atoms with Gasteiger partial charge < -0.3 is 5.32 Å². The van der Waals surface area contributed by atoms with Crippen LogP contribution in [0.25, 0.3) is 0 Å². The zero-order chi connectivity index (χ0) is 15.2. The van der Waals surface area contributed by atoms with E-state index in [1.807, 2.05) is 36.4 Å². The number of anilines is 1. The molecule has 108 valence electrons. The number of nitrogens with one attached hydrogen (secondary N) is 1. The monoisotopic (exact) mass is 278 g/mol. The van der Waals surface area contributed by atoms with Gasteiger partial charge in [-0.1, -0.05) is 55.8 Å². The van der Waals surface area contributed by atoms with Gasteiger partial charge in [0.15, 0.2) is 0 Å². The Labute approximate surface area is 127 Å². The molecule has 0 saturated heterocycles. The predicted molar refractivity (Wildman–Crippen MR) is 88.1 cm³/mol. The zero-order valence-corrected chi connectivity index (χ0v) is 12.9. The van der Waals surface area contributed by atoms with Gasteiger partial charge in [0.05, 0.1) is 6.07 Å². The first-order valence-corrected chi connectivity index (χ1v) is 7.40. The van der Waals surface area contributed by atoms with E-state index in [0.717, 1.165) is 17.7 Å². The van der Waals surface area contributed by atoms with Gasteiger partial charge in [-0.3, -0.25) is 0 Å². The van der Waals surface area contributed by atoms with Gasteiger partial charge in [0.1, 0.15) is 6.04 Å². The normalized spacial score (nSPS) is 12.0. The SMILES string of the molecule is Cc1ccc(NC(C#N)c2ccc(CC(C)C)cc2)cc1. The summed E-state index contributed by atoms with van der Waals surface area (Å²) in [6.07, 6.45) is 1.07. The fourth-order valence-electron chi connectivity index (χ4n) is 2.32. The minimum atomic E-state index is -0.319. The van der Waals surface area contributed by atoms with Crippen molar-refractivity contribution in [2.45, 2.75) is 33.2 Å². The third kappa shape index (κ3) is 4.36. The lowest BCUT2D eigenvalue weighted by molar-refractivity contribution is 0.647. The molecule has 21 heavy (non-hydrogen) atoms. The van der Waals surface area contributed by atoms with Crippen LogP contribution >= 0.6 is 0 Å². The molecule has 2 heteroatoms. The first-order chi connectivity index (χ1) is 10.1. The summed E-state index contributed by atoms with van der Waals surface area (Å²) in [5.41, 5.74) is 4.51. The summed E-state index contributed by atoms with van der Waals surface area (Å²) < 4.78 is 0. The number of hydrogen-bond acceptors (Lipinski definition) is 2. The molecule has 1 unspecified atom stereocenters. The zero-order valence-electron chi connectivity index (χ0n) is 12.9. The molecular formula is C19H22N2. The average molecular weight is 278 g/mol. The fraction of sp³-hybridized carbons (Fsp3) is 0.316. The number of nitriles is 1. The minimum absolute atomic E-state index is 0.319. The first-order valence-electron chi connectivity index (χ1n) is 7.40. The third-order valence-electron chi connectivity index (χ3n) is 3.45. The van der Waals surface area contributed by atoms with Crippen molar-refractivity contribution in [3.05, 3.63) is 65.2 Å². The molecule has 0 saturated carbocycles. The van der Waals surface area contributed by atoms with Gasteiger partial charge in [0.2, 0.25) is 0 Å². The Bertz CT molecular complexity index is 604. The average Bonchev–Trinajstić information content (AvgIpc) is 2.47. The van der Waals surface area contributed by atoms with Gasteiger partial charge in [0, 0.05) is 5.69 Å². The van der Waals surface area contributed by atoms with Crippen LogP contribution in [0.5, 0.6) is 0 Å². The van der Waals surface area contributed by atoms with Crippen LogP contribution in [0.15, 0.2) is 48.5 Å². The molecule has 0 aromatic heterocycles. The molecular weight excluding hydrogens is 256 g/mol. The molecule has 2 rings (SSSR count). The van der Waals surface area contributed by atoms with Gasteiger partial charge in [-0.05, 0) is 42.5 Å². The first kappa shape index (κ1) is 15.1. The number of hydrogen-bond donors (Lipinski definition) is 1. The van der Waals surface area contributed by atoms with Crippen molar-refractivity contribution in [2.75, 3.05) is 5.32 Å². The Balaban J connectivity index is 2.10. The Kier molecular flexibility index (Phi) is 5.00. The molecule has 0 spiro atoms. The molecule has 2 aromatic carbocycles. The summed E-state index contributed by atoms with van der Waals surface area (Å²) in [6, 6.07) is 18.5.